The smallest absolute Gasteiger partial charge is 0.242 e. The quantitative estimate of drug-likeness (QED) is 0.458. The van der Waals surface area contributed by atoms with Gasteiger partial charge in [0.05, 0.1) is 5.75 Å². The first kappa shape index (κ1) is 25.0. The van der Waals surface area contributed by atoms with Gasteiger partial charge in [0.25, 0.3) is 0 Å². The molecule has 0 saturated carbocycles. The third-order valence-corrected chi connectivity index (χ3v) is 6.42. The lowest BCUT2D eigenvalue weighted by atomic mass is 10.1. The minimum atomic E-state index is -0.455. The number of unbranched alkanes of at least 4 members (excludes halogenated alkanes) is 1. The lowest BCUT2D eigenvalue weighted by Gasteiger charge is -2.31. The number of aryl methyl sites for hydroxylation is 2. The molecule has 0 radical (unpaired) electrons. The molecule has 1 atom stereocenters. The Morgan fingerprint density at radius 1 is 1.03 bits per heavy atom. The van der Waals surface area contributed by atoms with Crippen molar-refractivity contribution < 1.29 is 9.59 Å². The zero-order chi connectivity index (χ0) is 22.6. The van der Waals surface area contributed by atoms with Crippen molar-refractivity contribution in [3.63, 3.8) is 0 Å². The van der Waals surface area contributed by atoms with Gasteiger partial charge in [0.1, 0.15) is 6.04 Å². The van der Waals surface area contributed by atoms with Crippen LogP contribution in [-0.2, 0) is 21.9 Å². The van der Waals surface area contributed by atoms with Crippen LogP contribution in [0.1, 0.15) is 55.4 Å². The summed E-state index contributed by atoms with van der Waals surface area (Å²) in [4.78, 5) is 27.9. The fraction of sp³-hybridized carbons (Fsp3) is 0.462. The fourth-order valence-electron chi connectivity index (χ4n) is 3.42. The molecule has 168 valence electrons. The zero-order valence-corrected chi connectivity index (χ0v) is 20.1. The van der Waals surface area contributed by atoms with Crippen molar-refractivity contribution in [2.24, 2.45) is 0 Å². The largest absolute Gasteiger partial charge is 0.354 e. The maximum absolute atomic E-state index is 13.3. The van der Waals surface area contributed by atoms with Crippen LogP contribution in [0.3, 0.4) is 0 Å². The summed E-state index contributed by atoms with van der Waals surface area (Å²) in [5.74, 6) is 1.10. The highest BCUT2D eigenvalue weighted by atomic mass is 32.2. The summed E-state index contributed by atoms with van der Waals surface area (Å²) in [5.41, 5.74) is 4.65. The third kappa shape index (κ3) is 8.06. The molecule has 0 spiro atoms. The maximum Gasteiger partial charge on any atom is 0.242 e. The molecule has 2 amide bonds. The highest BCUT2D eigenvalue weighted by Crippen LogP contribution is 2.19. The molecule has 2 rings (SSSR count). The van der Waals surface area contributed by atoms with Gasteiger partial charge in [0.15, 0.2) is 0 Å². The third-order valence-electron chi connectivity index (χ3n) is 5.43. The number of rotatable bonds is 12. The van der Waals surface area contributed by atoms with Crippen molar-refractivity contribution in [2.75, 3.05) is 12.3 Å². The molecule has 2 aromatic rings. The number of nitrogens with zero attached hydrogens (tertiary/aromatic N) is 1. The number of thioether (sulfide) groups is 1. The van der Waals surface area contributed by atoms with Gasteiger partial charge >= 0.3 is 0 Å². The van der Waals surface area contributed by atoms with Crippen molar-refractivity contribution >= 4 is 23.6 Å². The summed E-state index contributed by atoms with van der Waals surface area (Å²) in [6.07, 6.45) is 2.57. The van der Waals surface area contributed by atoms with Gasteiger partial charge in [-0.05, 0) is 43.4 Å². The zero-order valence-electron chi connectivity index (χ0n) is 19.3. The van der Waals surface area contributed by atoms with Crippen LogP contribution in [0.15, 0.2) is 48.5 Å². The van der Waals surface area contributed by atoms with Crippen LogP contribution in [0, 0.1) is 13.8 Å². The van der Waals surface area contributed by atoms with Crippen molar-refractivity contribution in [2.45, 2.75) is 65.3 Å². The fourth-order valence-corrected chi connectivity index (χ4v) is 4.29. The van der Waals surface area contributed by atoms with Crippen molar-refractivity contribution in [1.29, 1.82) is 0 Å². The number of amides is 2. The first-order valence-electron chi connectivity index (χ1n) is 11.2. The van der Waals surface area contributed by atoms with Crippen LogP contribution in [0.4, 0.5) is 0 Å². The lowest BCUT2D eigenvalue weighted by molar-refractivity contribution is -0.139. The van der Waals surface area contributed by atoms with E-state index in [9.17, 15) is 9.59 Å². The van der Waals surface area contributed by atoms with Crippen molar-refractivity contribution in [1.82, 2.24) is 10.2 Å². The molecular weight excluding hydrogens is 404 g/mol. The molecular formula is C26H36N2O2S. The number of hydrogen-bond donors (Lipinski definition) is 1. The minimum Gasteiger partial charge on any atom is -0.354 e. The second kappa shape index (κ2) is 13.2. The van der Waals surface area contributed by atoms with Crippen LogP contribution in [0.25, 0.3) is 0 Å². The summed E-state index contributed by atoms with van der Waals surface area (Å²) < 4.78 is 0. The van der Waals surface area contributed by atoms with E-state index in [0.29, 0.717) is 25.3 Å². The second-order valence-corrected chi connectivity index (χ2v) is 8.98. The normalized spacial score (nSPS) is 11.7. The molecule has 0 aromatic heterocycles. The molecule has 4 nitrogen and oxygen atoms in total. The van der Waals surface area contributed by atoms with E-state index in [1.165, 1.54) is 11.1 Å². The van der Waals surface area contributed by atoms with Crippen LogP contribution in [0.2, 0.25) is 0 Å². The molecule has 0 aliphatic heterocycles. The minimum absolute atomic E-state index is 0.0119. The van der Waals surface area contributed by atoms with E-state index < -0.39 is 6.04 Å². The van der Waals surface area contributed by atoms with Gasteiger partial charge in [-0.1, -0.05) is 74.4 Å². The standard InChI is InChI=1S/C26H36N2O2S/c1-5-7-16-27-26(30)24(6-2)28(17-23-11-9-8-10-21(23)4)25(29)19-31-18-22-14-12-20(3)13-15-22/h8-15,24H,5-7,16-19H2,1-4H3,(H,27,30)/t24-/m1/s1. The molecule has 0 saturated heterocycles. The van der Waals surface area contributed by atoms with Gasteiger partial charge in [-0.15, -0.1) is 11.8 Å². The Labute approximate surface area is 191 Å². The Morgan fingerprint density at radius 2 is 1.74 bits per heavy atom. The van der Waals surface area contributed by atoms with Gasteiger partial charge in [-0.2, -0.15) is 0 Å². The maximum atomic E-state index is 13.3. The molecule has 0 fully saturated rings. The van der Waals surface area contributed by atoms with Crippen LogP contribution < -0.4 is 5.32 Å². The summed E-state index contributed by atoms with van der Waals surface area (Å²) in [6, 6.07) is 16.0. The van der Waals surface area contributed by atoms with Gasteiger partial charge in [0.2, 0.25) is 11.8 Å². The first-order valence-corrected chi connectivity index (χ1v) is 12.4. The molecule has 1 N–H and O–H groups in total. The van der Waals surface area contributed by atoms with Gasteiger partial charge in [-0.25, -0.2) is 0 Å². The molecule has 0 aliphatic rings. The van der Waals surface area contributed by atoms with Gasteiger partial charge in [0, 0.05) is 18.8 Å². The topological polar surface area (TPSA) is 49.4 Å². The number of carbonyl (C=O) groups is 2. The monoisotopic (exact) mass is 440 g/mol. The molecule has 0 aliphatic carbocycles. The average molecular weight is 441 g/mol. The van der Waals surface area contributed by atoms with E-state index in [1.807, 2.05) is 38.1 Å². The second-order valence-electron chi connectivity index (χ2n) is 8.00. The van der Waals surface area contributed by atoms with Gasteiger partial charge < -0.3 is 10.2 Å². The Kier molecular flexibility index (Phi) is 10.6. The van der Waals surface area contributed by atoms with E-state index >= 15 is 0 Å². The average Bonchev–Trinajstić information content (AvgIpc) is 2.76. The van der Waals surface area contributed by atoms with E-state index in [2.05, 4.69) is 43.4 Å². The summed E-state index contributed by atoms with van der Waals surface area (Å²) in [7, 11) is 0. The van der Waals surface area contributed by atoms with E-state index in [0.717, 1.165) is 29.7 Å². The molecule has 0 unspecified atom stereocenters. The summed E-state index contributed by atoms with van der Waals surface area (Å²) in [5, 5.41) is 3.02. The summed E-state index contributed by atoms with van der Waals surface area (Å²) in [6.45, 7) is 9.30. The summed E-state index contributed by atoms with van der Waals surface area (Å²) >= 11 is 1.60. The number of hydrogen-bond acceptors (Lipinski definition) is 3. The number of nitrogens with one attached hydrogen (secondary N) is 1. The molecule has 0 bridgehead atoms. The Morgan fingerprint density at radius 3 is 2.39 bits per heavy atom. The lowest BCUT2D eigenvalue weighted by Crippen LogP contribution is -2.49. The van der Waals surface area contributed by atoms with Crippen LogP contribution in [-0.4, -0.2) is 35.1 Å². The van der Waals surface area contributed by atoms with Crippen LogP contribution >= 0.6 is 11.8 Å². The van der Waals surface area contributed by atoms with E-state index in [4.69, 9.17) is 0 Å². The number of carbonyl (C=O) groups excluding carboxylic acids is 2. The molecule has 31 heavy (non-hydrogen) atoms. The molecule has 2 aromatic carbocycles. The van der Waals surface area contributed by atoms with Crippen molar-refractivity contribution in [3.05, 3.63) is 70.8 Å². The Bertz CT molecular complexity index is 836. The predicted octanol–water partition coefficient (Wildman–Crippen LogP) is 5.26. The molecule has 0 heterocycles. The molecule has 5 heteroatoms. The Balaban J connectivity index is 2.10. The number of benzene rings is 2. The highest BCUT2D eigenvalue weighted by Gasteiger charge is 2.28. The predicted molar refractivity (Wildman–Crippen MR) is 131 cm³/mol. The van der Waals surface area contributed by atoms with E-state index in [1.54, 1.807) is 16.7 Å². The SMILES string of the molecule is CCCCNC(=O)[C@@H](CC)N(Cc1ccccc1C)C(=O)CSCc1ccc(C)cc1. The van der Waals surface area contributed by atoms with Crippen molar-refractivity contribution in [3.8, 4) is 0 Å². The van der Waals surface area contributed by atoms with Crippen LogP contribution in [0.5, 0.6) is 0 Å². The first-order chi connectivity index (χ1) is 15.0. The van der Waals surface area contributed by atoms with Gasteiger partial charge in [-0.3, -0.25) is 9.59 Å². The van der Waals surface area contributed by atoms with E-state index in [-0.39, 0.29) is 11.8 Å². The highest BCUT2D eigenvalue weighted by molar-refractivity contribution is 7.99. The Hall–Kier alpha value is -2.27.